The van der Waals surface area contributed by atoms with Crippen LogP contribution in [0.15, 0.2) is 11.6 Å². The van der Waals surface area contributed by atoms with Crippen molar-refractivity contribution < 1.29 is 4.39 Å². The summed E-state index contributed by atoms with van der Waals surface area (Å²) in [5, 5.41) is 0. The normalized spacial score (nSPS) is 37.7. The van der Waals surface area contributed by atoms with Crippen molar-refractivity contribution in [2.24, 2.45) is 0 Å². The summed E-state index contributed by atoms with van der Waals surface area (Å²) in [4.78, 5) is 0. The summed E-state index contributed by atoms with van der Waals surface area (Å²) in [7, 11) is 0. The molecule has 0 aromatic carbocycles. The standard InChI is InChI=1S/C5H7F/c1-2-4-3-5(4)6/h2,5H,3H2,1H3/b4-2-. The summed E-state index contributed by atoms with van der Waals surface area (Å²) in [6.07, 6.45) is 1.95. The van der Waals surface area contributed by atoms with Gasteiger partial charge in [0, 0.05) is 6.42 Å². The molecule has 0 radical (unpaired) electrons. The molecule has 0 N–H and O–H groups in total. The maximum Gasteiger partial charge on any atom is 0.125 e. The molecule has 1 unspecified atom stereocenters. The van der Waals surface area contributed by atoms with Gasteiger partial charge in [0.15, 0.2) is 0 Å². The molecule has 1 fully saturated rings. The van der Waals surface area contributed by atoms with Gasteiger partial charge in [-0.05, 0) is 12.5 Å². The topological polar surface area (TPSA) is 0 Å². The molecule has 0 aromatic heterocycles. The van der Waals surface area contributed by atoms with Crippen LogP contribution in [0.2, 0.25) is 0 Å². The summed E-state index contributed by atoms with van der Waals surface area (Å²) in [5.41, 5.74) is 0.968. The van der Waals surface area contributed by atoms with Crippen molar-refractivity contribution >= 4 is 0 Å². The molecular weight excluding hydrogens is 79.1 g/mol. The molecule has 0 spiro atoms. The van der Waals surface area contributed by atoms with E-state index >= 15 is 0 Å². The van der Waals surface area contributed by atoms with Gasteiger partial charge in [-0.2, -0.15) is 0 Å². The highest BCUT2D eigenvalue weighted by molar-refractivity contribution is 5.24. The number of rotatable bonds is 0. The van der Waals surface area contributed by atoms with Crippen LogP contribution in [0, 0.1) is 0 Å². The fourth-order valence-electron chi connectivity index (χ4n) is 0.447. The first kappa shape index (κ1) is 3.85. The van der Waals surface area contributed by atoms with Gasteiger partial charge in [-0.1, -0.05) is 6.08 Å². The van der Waals surface area contributed by atoms with E-state index in [4.69, 9.17) is 0 Å². The summed E-state index contributed by atoms with van der Waals surface area (Å²) in [6, 6.07) is 0. The zero-order valence-corrected chi connectivity index (χ0v) is 3.74. The van der Waals surface area contributed by atoms with E-state index in [0.29, 0.717) is 6.42 Å². The van der Waals surface area contributed by atoms with Crippen molar-refractivity contribution in [2.45, 2.75) is 19.5 Å². The molecule has 1 rings (SSSR count). The minimum atomic E-state index is -0.574. The quantitative estimate of drug-likeness (QED) is 0.393. The monoisotopic (exact) mass is 86.1 g/mol. The van der Waals surface area contributed by atoms with Gasteiger partial charge in [0.05, 0.1) is 0 Å². The fourth-order valence-corrected chi connectivity index (χ4v) is 0.447. The average molecular weight is 86.1 g/mol. The second-order valence-corrected chi connectivity index (χ2v) is 1.54. The predicted octanol–water partition coefficient (Wildman–Crippen LogP) is 1.67. The number of halogens is 1. The second-order valence-electron chi connectivity index (χ2n) is 1.54. The van der Waals surface area contributed by atoms with Gasteiger partial charge in [-0.15, -0.1) is 0 Å². The Bertz CT molecular complexity index is 83.9. The minimum Gasteiger partial charge on any atom is -0.242 e. The lowest BCUT2D eigenvalue weighted by Crippen LogP contribution is -1.55. The molecule has 1 aliphatic rings. The van der Waals surface area contributed by atoms with Crippen LogP contribution in [0.5, 0.6) is 0 Å². The Morgan fingerprint density at radius 2 is 2.50 bits per heavy atom. The molecule has 1 aliphatic carbocycles. The van der Waals surface area contributed by atoms with E-state index in [1.54, 1.807) is 0 Å². The van der Waals surface area contributed by atoms with Crippen molar-refractivity contribution in [3.63, 3.8) is 0 Å². The highest BCUT2D eigenvalue weighted by Crippen LogP contribution is 2.31. The Labute approximate surface area is 36.7 Å². The van der Waals surface area contributed by atoms with Crippen LogP contribution in [0.25, 0.3) is 0 Å². The number of allylic oxidation sites excluding steroid dienone is 2. The van der Waals surface area contributed by atoms with E-state index in [2.05, 4.69) is 0 Å². The van der Waals surface area contributed by atoms with E-state index in [0.717, 1.165) is 5.57 Å². The number of hydrogen-bond acceptors (Lipinski definition) is 0. The van der Waals surface area contributed by atoms with Crippen LogP contribution in [0.1, 0.15) is 13.3 Å². The Morgan fingerprint density at radius 3 is 2.50 bits per heavy atom. The van der Waals surface area contributed by atoms with Crippen LogP contribution in [-0.4, -0.2) is 6.17 Å². The Balaban J connectivity index is 2.44. The van der Waals surface area contributed by atoms with Crippen LogP contribution in [0.3, 0.4) is 0 Å². The maximum atomic E-state index is 11.7. The van der Waals surface area contributed by atoms with Crippen molar-refractivity contribution in [3.8, 4) is 0 Å². The molecular formula is C5H7F. The lowest BCUT2D eigenvalue weighted by Gasteiger charge is -1.61. The van der Waals surface area contributed by atoms with Crippen LogP contribution in [0.4, 0.5) is 4.39 Å². The summed E-state index contributed by atoms with van der Waals surface area (Å²) in [6.45, 7) is 1.87. The third kappa shape index (κ3) is 0.445. The van der Waals surface area contributed by atoms with E-state index in [9.17, 15) is 4.39 Å². The molecule has 0 bridgehead atoms. The fraction of sp³-hybridized carbons (Fsp3) is 0.600. The Kier molecular flexibility index (Phi) is 0.685. The van der Waals surface area contributed by atoms with Gasteiger partial charge in [0.1, 0.15) is 6.17 Å². The second kappa shape index (κ2) is 1.07. The zero-order valence-electron chi connectivity index (χ0n) is 3.74. The van der Waals surface area contributed by atoms with Gasteiger partial charge in [-0.25, -0.2) is 4.39 Å². The molecule has 0 heterocycles. The van der Waals surface area contributed by atoms with Gasteiger partial charge < -0.3 is 0 Å². The highest BCUT2D eigenvalue weighted by Gasteiger charge is 2.27. The molecule has 1 heteroatoms. The first-order valence-corrected chi connectivity index (χ1v) is 2.13. The molecule has 1 atom stereocenters. The van der Waals surface area contributed by atoms with E-state index in [1.165, 1.54) is 0 Å². The van der Waals surface area contributed by atoms with Gasteiger partial charge in [0.2, 0.25) is 0 Å². The molecule has 0 nitrogen and oxygen atoms in total. The van der Waals surface area contributed by atoms with Crippen molar-refractivity contribution in [1.29, 1.82) is 0 Å². The first-order chi connectivity index (χ1) is 2.84. The molecule has 1 saturated carbocycles. The van der Waals surface area contributed by atoms with Crippen molar-refractivity contribution in [3.05, 3.63) is 11.6 Å². The van der Waals surface area contributed by atoms with Crippen LogP contribution in [-0.2, 0) is 0 Å². The largest absolute Gasteiger partial charge is 0.242 e. The lowest BCUT2D eigenvalue weighted by atomic mass is 10.5. The van der Waals surface area contributed by atoms with E-state index in [-0.39, 0.29) is 0 Å². The predicted molar refractivity (Wildman–Crippen MR) is 23.3 cm³/mol. The molecule has 0 saturated heterocycles. The van der Waals surface area contributed by atoms with E-state index in [1.807, 2.05) is 13.0 Å². The Morgan fingerprint density at radius 1 is 2.00 bits per heavy atom. The average Bonchev–Trinajstić information content (AvgIpc) is 2.19. The molecule has 6 heavy (non-hydrogen) atoms. The van der Waals surface area contributed by atoms with Gasteiger partial charge >= 0.3 is 0 Å². The van der Waals surface area contributed by atoms with Crippen molar-refractivity contribution in [1.82, 2.24) is 0 Å². The van der Waals surface area contributed by atoms with Gasteiger partial charge in [0.25, 0.3) is 0 Å². The van der Waals surface area contributed by atoms with Gasteiger partial charge in [-0.3, -0.25) is 0 Å². The maximum absolute atomic E-state index is 11.7. The molecule has 0 aliphatic heterocycles. The summed E-state index contributed by atoms with van der Waals surface area (Å²) < 4.78 is 11.7. The van der Waals surface area contributed by atoms with E-state index < -0.39 is 6.17 Å². The highest BCUT2D eigenvalue weighted by atomic mass is 19.1. The number of alkyl halides is 1. The summed E-state index contributed by atoms with van der Waals surface area (Å²) in [5.74, 6) is 0. The Hall–Kier alpha value is -0.330. The third-order valence-corrected chi connectivity index (χ3v) is 1.03. The summed E-state index contributed by atoms with van der Waals surface area (Å²) >= 11 is 0. The van der Waals surface area contributed by atoms with Crippen LogP contribution >= 0.6 is 0 Å². The molecule has 0 aromatic rings. The lowest BCUT2D eigenvalue weighted by molar-refractivity contribution is 0.495. The minimum absolute atomic E-state index is 0.574. The third-order valence-electron chi connectivity index (χ3n) is 1.03. The number of hydrogen-bond donors (Lipinski definition) is 0. The van der Waals surface area contributed by atoms with Crippen molar-refractivity contribution in [2.75, 3.05) is 0 Å². The molecule has 0 amide bonds. The smallest absolute Gasteiger partial charge is 0.125 e. The zero-order chi connectivity index (χ0) is 4.57. The molecule has 34 valence electrons. The first-order valence-electron chi connectivity index (χ1n) is 2.13. The van der Waals surface area contributed by atoms with Crippen LogP contribution < -0.4 is 0 Å². The SMILES string of the molecule is C/C=C1/CC1F.